The van der Waals surface area contributed by atoms with Crippen molar-refractivity contribution in [2.45, 2.75) is 24.4 Å². The third-order valence-electron chi connectivity index (χ3n) is 4.69. The highest BCUT2D eigenvalue weighted by atomic mass is 19.1. The highest BCUT2D eigenvalue weighted by Gasteiger charge is 2.45. The van der Waals surface area contributed by atoms with Crippen LogP contribution < -0.4 is 10.6 Å². The van der Waals surface area contributed by atoms with Crippen molar-refractivity contribution >= 4 is 11.7 Å². The van der Waals surface area contributed by atoms with Crippen molar-refractivity contribution in [3.8, 4) is 0 Å². The molecule has 0 spiro atoms. The number of ether oxygens (including phenoxy) is 1. The summed E-state index contributed by atoms with van der Waals surface area (Å²) in [7, 11) is 5.70. The Bertz CT molecular complexity index is 664. The zero-order valence-electron chi connectivity index (χ0n) is 16.2. The van der Waals surface area contributed by atoms with Crippen LogP contribution in [0.2, 0.25) is 0 Å². The first-order valence-electron chi connectivity index (χ1n) is 9.02. The summed E-state index contributed by atoms with van der Waals surface area (Å²) in [5.74, 6) is -1.63. The van der Waals surface area contributed by atoms with Crippen LogP contribution in [-0.4, -0.2) is 97.8 Å². The molecule has 10 heteroatoms. The van der Waals surface area contributed by atoms with E-state index in [9.17, 15) is 23.8 Å². The van der Waals surface area contributed by atoms with E-state index in [0.717, 1.165) is 18.7 Å². The van der Waals surface area contributed by atoms with Gasteiger partial charge in [-0.25, -0.2) is 13.6 Å². The molecule has 1 fully saturated rings. The number of urea groups is 1. The Labute approximate surface area is 163 Å². The number of halogens is 2. The molecule has 4 N–H and O–H groups in total. The topological polar surface area (TPSA) is 97.3 Å². The molecule has 2 rings (SSSR count). The Kier molecular flexibility index (Phi) is 8.08. The van der Waals surface area contributed by atoms with Crippen LogP contribution in [0.25, 0.3) is 0 Å². The van der Waals surface area contributed by atoms with E-state index < -0.39 is 42.0 Å². The molecule has 1 heterocycles. The van der Waals surface area contributed by atoms with Gasteiger partial charge in [-0.1, -0.05) is 0 Å². The molecule has 0 bridgehead atoms. The molecule has 158 valence electrons. The van der Waals surface area contributed by atoms with Crippen molar-refractivity contribution in [3.63, 3.8) is 0 Å². The third kappa shape index (κ3) is 5.82. The molecule has 0 saturated carbocycles. The summed E-state index contributed by atoms with van der Waals surface area (Å²) in [6.45, 7) is 1.11. The first kappa shape index (κ1) is 22.4. The number of rotatable bonds is 8. The molecule has 4 unspecified atom stereocenters. The SMILES string of the molecule is CN(C)CCN(C)C1C(CNC(=O)Nc2ccc(F)cc2F)OC(CO)C1O. The summed E-state index contributed by atoms with van der Waals surface area (Å²) in [6, 6.07) is 1.72. The minimum absolute atomic E-state index is 0.0409. The number of hydrogen-bond donors (Lipinski definition) is 4. The number of anilines is 1. The fraction of sp³-hybridized carbons (Fsp3) is 0.611. The lowest BCUT2D eigenvalue weighted by atomic mass is 10.0. The molecular formula is C18H28F2N4O4. The Balaban J connectivity index is 1.96. The van der Waals surface area contributed by atoms with Crippen LogP contribution >= 0.6 is 0 Å². The molecule has 4 atom stereocenters. The normalized spacial score (nSPS) is 24.8. The minimum atomic E-state index is -0.915. The summed E-state index contributed by atoms with van der Waals surface area (Å²) in [5.41, 5.74) is -0.154. The van der Waals surface area contributed by atoms with Gasteiger partial charge in [-0.15, -0.1) is 0 Å². The average Bonchev–Trinajstić information content (AvgIpc) is 2.96. The van der Waals surface area contributed by atoms with E-state index >= 15 is 0 Å². The first-order chi connectivity index (χ1) is 13.2. The monoisotopic (exact) mass is 402 g/mol. The fourth-order valence-electron chi connectivity index (χ4n) is 3.15. The lowest BCUT2D eigenvalue weighted by Gasteiger charge is -2.31. The highest BCUT2D eigenvalue weighted by Crippen LogP contribution is 2.25. The van der Waals surface area contributed by atoms with Crippen LogP contribution in [0.1, 0.15) is 0 Å². The molecule has 1 saturated heterocycles. The predicted octanol–water partition coefficient (Wildman–Crippen LogP) is 0.0689. The van der Waals surface area contributed by atoms with Gasteiger partial charge in [0.2, 0.25) is 0 Å². The van der Waals surface area contributed by atoms with Gasteiger partial charge >= 0.3 is 6.03 Å². The van der Waals surface area contributed by atoms with Crippen LogP contribution in [0.4, 0.5) is 19.3 Å². The van der Waals surface area contributed by atoms with Gasteiger partial charge in [0.1, 0.15) is 23.8 Å². The predicted molar refractivity (Wildman–Crippen MR) is 100 cm³/mol. The quantitative estimate of drug-likeness (QED) is 0.491. The molecule has 1 aliphatic rings. The van der Waals surface area contributed by atoms with Gasteiger partial charge in [0.15, 0.2) is 0 Å². The fourth-order valence-corrected chi connectivity index (χ4v) is 3.15. The maximum atomic E-state index is 13.6. The third-order valence-corrected chi connectivity index (χ3v) is 4.69. The number of benzene rings is 1. The summed E-state index contributed by atoms with van der Waals surface area (Å²) < 4.78 is 32.3. The van der Waals surface area contributed by atoms with E-state index in [-0.39, 0.29) is 18.8 Å². The van der Waals surface area contributed by atoms with Crippen LogP contribution in [0.5, 0.6) is 0 Å². The van der Waals surface area contributed by atoms with Crippen molar-refractivity contribution in [1.82, 2.24) is 15.1 Å². The molecule has 0 aromatic heterocycles. The lowest BCUT2D eigenvalue weighted by Crippen LogP contribution is -2.51. The van der Waals surface area contributed by atoms with Crippen molar-refractivity contribution in [2.75, 3.05) is 52.7 Å². The first-order valence-corrected chi connectivity index (χ1v) is 9.02. The Morgan fingerprint density at radius 3 is 2.54 bits per heavy atom. The summed E-state index contributed by atoms with van der Waals surface area (Å²) >= 11 is 0. The number of nitrogens with zero attached hydrogens (tertiary/aromatic N) is 2. The van der Waals surface area contributed by atoms with Gasteiger partial charge in [-0.3, -0.25) is 4.90 Å². The van der Waals surface area contributed by atoms with Gasteiger partial charge in [-0.05, 0) is 33.3 Å². The van der Waals surface area contributed by atoms with E-state index in [0.29, 0.717) is 12.6 Å². The van der Waals surface area contributed by atoms with E-state index in [2.05, 4.69) is 10.6 Å². The van der Waals surface area contributed by atoms with E-state index in [1.54, 1.807) is 0 Å². The van der Waals surface area contributed by atoms with Gasteiger partial charge in [0.25, 0.3) is 0 Å². The number of aliphatic hydroxyl groups is 2. The number of carbonyl (C=O) groups is 1. The minimum Gasteiger partial charge on any atom is -0.394 e. The smallest absolute Gasteiger partial charge is 0.319 e. The van der Waals surface area contributed by atoms with Gasteiger partial charge in [0.05, 0.1) is 24.4 Å². The van der Waals surface area contributed by atoms with Crippen LogP contribution in [0, 0.1) is 11.6 Å². The molecule has 0 aliphatic carbocycles. The van der Waals surface area contributed by atoms with Crippen molar-refractivity contribution in [1.29, 1.82) is 0 Å². The van der Waals surface area contributed by atoms with E-state index in [4.69, 9.17) is 4.74 Å². The maximum absolute atomic E-state index is 13.6. The molecular weight excluding hydrogens is 374 g/mol. The van der Waals surface area contributed by atoms with Crippen LogP contribution in [0.3, 0.4) is 0 Å². The maximum Gasteiger partial charge on any atom is 0.319 e. The second-order valence-electron chi connectivity index (χ2n) is 7.12. The number of amides is 2. The number of nitrogens with one attached hydrogen (secondary N) is 2. The Morgan fingerprint density at radius 2 is 1.93 bits per heavy atom. The number of carbonyl (C=O) groups excluding carboxylic acids is 1. The van der Waals surface area contributed by atoms with E-state index in [1.807, 2.05) is 30.9 Å². The second kappa shape index (κ2) is 10.1. The molecule has 1 aliphatic heterocycles. The molecule has 1 aromatic rings. The molecule has 0 radical (unpaired) electrons. The van der Waals surface area contributed by atoms with Crippen molar-refractivity contribution in [3.05, 3.63) is 29.8 Å². The summed E-state index contributed by atoms with van der Waals surface area (Å²) in [5, 5.41) is 24.7. The van der Waals surface area contributed by atoms with Crippen molar-refractivity contribution in [2.24, 2.45) is 0 Å². The van der Waals surface area contributed by atoms with Crippen LogP contribution in [-0.2, 0) is 4.74 Å². The van der Waals surface area contributed by atoms with E-state index in [1.165, 1.54) is 0 Å². The van der Waals surface area contributed by atoms with Gasteiger partial charge in [-0.2, -0.15) is 0 Å². The average molecular weight is 402 g/mol. The zero-order chi connectivity index (χ0) is 20.8. The lowest BCUT2D eigenvalue weighted by molar-refractivity contribution is -0.0205. The Hall–Kier alpha value is -1.85. The molecule has 1 aromatic carbocycles. The number of aliphatic hydroxyl groups excluding tert-OH is 2. The standard InChI is InChI=1S/C18H28F2N4O4/c1-23(2)6-7-24(3)16-14(28-15(10-25)17(16)26)9-21-18(27)22-13-5-4-11(19)8-12(13)20/h4-5,8,14-17,25-26H,6-7,9-10H2,1-3H3,(H2,21,22,27). The highest BCUT2D eigenvalue weighted by molar-refractivity contribution is 5.89. The molecule has 2 amide bonds. The molecule has 28 heavy (non-hydrogen) atoms. The number of likely N-dealkylation sites (N-methyl/N-ethyl adjacent to an activating group) is 2. The zero-order valence-corrected chi connectivity index (χ0v) is 16.2. The van der Waals surface area contributed by atoms with Crippen LogP contribution in [0.15, 0.2) is 18.2 Å². The number of hydrogen-bond acceptors (Lipinski definition) is 6. The summed E-state index contributed by atoms with van der Waals surface area (Å²) in [6.07, 6.45) is -2.24. The second-order valence-corrected chi connectivity index (χ2v) is 7.12. The molecule has 8 nitrogen and oxygen atoms in total. The van der Waals surface area contributed by atoms with Gasteiger partial charge in [0, 0.05) is 25.7 Å². The van der Waals surface area contributed by atoms with Crippen molar-refractivity contribution < 1.29 is 28.5 Å². The van der Waals surface area contributed by atoms with Gasteiger partial charge < -0.3 is 30.5 Å². The summed E-state index contributed by atoms with van der Waals surface area (Å²) in [4.78, 5) is 16.0. The largest absolute Gasteiger partial charge is 0.394 e. The Morgan fingerprint density at radius 1 is 1.21 bits per heavy atom.